The van der Waals surface area contributed by atoms with E-state index in [-0.39, 0.29) is 0 Å². The van der Waals surface area contributed by atoms with Crippen molar-refractivity contribution < 1.29 is 4.74 Å². The summed E-state index contributed by atoms with van der Waals surface area (Å²) < 4.78 is 6.16. The number of piperidine rings is 1. The van der Waals surface area contributed by atoms with Crippen molar-refractivity contribution in [2.45, 2.75) is 38.5 Å². The van der Waals surface area contributed by atoms with Gasteiger partial charge in [0.15, 0.2) is 0 Å². The Morgan fingerprint density at radius 3 is 2.82 bits per heavy atom. The van der Waals surface area contributed by atoms with Crippen LogP contribution in [-0.4, -0.2) is 35.9 Å². The van der Waals surface area contributed by atoms with Gasteiger partial charge in [-0.2, -0.15) is 5.10 Å². The van der Waals surface area contributed by atoms with Crippen molar-refractivity contribution in [3.05, 3.63) is 54.4 Å². The predicted molar refractivity (Wildman–Crippen MR) is 113 cm³/mol. The zero-order valence-electron chi connectivity index (χ0n) is 16.4. The lowest BCUT2D eigenvalue weighted by molar-refractivity contribution is 0.302. The zero-order valence-corrected chi connectivity index (χ0v) is 16.4. The van der Waals surface area contributed by atoms with Crippen LogP contribution in [-0.2, 0) is 6.61 Å². The third kappa shape index (κ3) is 3.06. The SMILES string of the molecule is C[C@H]1C[C@@H](N(C)c2ccc3c(c2)OCc2cc(-c4cn[nH]c4)ccc2-3)CCN1. The van der Waals surface area contributed by atoms with E-state index in [0.717, 1.165) is 23.4 Å². The summed E-state index contributed by atoms with van der Waals surface area (Å²) in [5.74, 6) is 0.981. The van der Waals surface area contributed by atoms with Crippen molar-refractivity contribution >= 4 is 5.69 Å². The highest BCUT2D eigenvalue weighted by atomic mass is 16.5. The van der Waals surface area contributed by atoms with E-state index in [1.807, 2.05) is 12.4 Å². The van der Waals surface area contributed by atoms with Gasteiger partial charge < -0.3 is 15.0 Å². The average molecular weight is 374 g/mol. The van der Waals surface area contributed by atoms with Gasteiger partial charge in [-0.05, 0) is 61.2 Å². The van der Waals surface area contributed by atoms with E-state index in [2.05, 4.69) is 70.8 Å². The van der Waals surface area contributed by atoms with Gasteiger partial charge in [0.05, 0.1) is 6.20 Å². The van der Waals surface area contributed by atoms with Gasteiger partial charge in [-0.25, -0.2) is 0 Å². The van der Waals surface area contributed by atoms with Gasteiger partial charge in [0.2, 0.25) is 0 Å². The van der Waals surface area contributed by atoms with Crippen LogP contribution in [0.1, 0.15) is 25.3 Å². The molecule has 5 rings (SSSR count). The molecule has 0 radical (unpaired) electrons. The number of aromatic amines is 1. The van der Waals surface area contributed by atoms with Crippen molar-refractivity contribution in [2.24, 2.45) is 0 Å². The minimum Gasteiger partial charge on any atom is -0.488 e. The Labute approximate surface area is 165 Å². The monoisotopic (exact) mass is 374 g/mol. The Morgan fingerprint density at radius 1 is 1.11 bits per heavy atom. The van der Waals surface area contributed by atoms with Gasteiger partial charge in [-0.1, -0.05) is 12.1 Å². The summed E-state index contributed by atoms with van der Waals surface area (Å²) in [6.07, 6.45) is 6.12. The maximum absolute atomic E-state index is 6.16. The number of H-pyrrole nitrogens is 1. The number of hydrogen-bond donors (Lipinski definition) is 2. The molecule has 2 N–H and O–H groups in total. The van der Waals surface area contributed by atoms with Crippen molar-refractivity contribution in [1.82, 2.24) is 15.5 Å². The second-order valence-electron chi connectivity index (χ2n) is 7.97. The number of aromatic nitrogens is 2. The molecule has 2 aromatic carbocycles. The predicted octanol–water partition coefficient (Wildman–Crippen LogP) is 4.21. The molecule has 3 aromatic rings. The highest BCUT2D eigenvalue weighted by Crippen LogP contribution is 2.41. The summed E-state index contributed by atoms with van der Waals surface area (Å²) in [6, 6.07) is 14.4. The molecule has 0 amide bonds. The molecule has 28 heavy (non-hydrogen) atoms. The molecule has 0 saturated carbocycles. The second kappa shape index (κ2) is 6.99. The standard InChI is InChI=1S/C23H26N4O/c1-15-9-20(7-8-24-15)27(2)19-4-6-22-21-5-3-16(18-12-25-26-13-18)10-17(21)14-28-23(22)11-19/h3-6,10-13,15,20,24H,7-9,14H2,1-2H3,(H,25,26)/t15-,20-/m0/s1. The van der Waals surface area contributed by atoms with Gasteiger partial charge >= 0.3 is 0 Å². The van der Waals surface area contributed by atoms with E-state index >= 15 is 0 Å². The molecule has 2 atom stereocenters. The Hall–Kier alpha value is -2.79. The van der Waals surface area contributed by atoms with Gasteiger partial charge in [0, 0.05) is 48.2 Å². The largest absolute Gasteiger partial charge is 0.488 e. The molecule has 5 nitrogen and oxygen atoms in total. The lowest BCUT2D eigenvalue weighted by Gasteiger charge is -2.36. The van der Waals surface area contributed by atoms with Crippen LogP contribution in [0.15, 0.2) is 48.8 Å². The van der Waals surface area contributed by atoms with Crippen LogP contribution in [0.3, 0.4) is 0 Å². The van der Waals surface area contributed by atoms with Crippen molar-refractivity contribution in [2.75, 3.05) is 18.5 Å². The minimum atomic E-state index is 0.572. The molecular formula is C23H26N4O. The highest BCUT2D eigenvalue weighted by molar-refractivity contribution is 5.80. The van der Waals surface area contributed by atoms with Crippen LogP contribution in [0.25, 0.3) is 22.3 Å². The first kappa shape index (κ1) is 17.3. The normalized spacial score (nSPS) is 20.8. The average Bonchev–Trinajstić information content (AvgIpc) is 3.27. The fourth-order valence-electron chi connectivity index (χ4n) is 4.46. The summed E-state index contributed by atoms with van der Waals surface area (Å²) in [4.78, 5) is 2.42. The molecule has 1 fully saturated rings. The number of nitrogens with zero attached hydrogens (tertiary/aromatic N) is 2. The number of anilines is 1. The maximum atomic E-state index is 6.16. The number of nitrogens with one attached hydrogen (secondary N) is 2. The van der Waals surface area contributed by atoms with E-state index in [1.54, 1.807) is 0 Å². The summed E-state index contributed by atoms with van der Waals surface area (Å²) in [5, 5.41) is 10.5. The Kier molecular flexibility index (Phi) is 4.32. The number of benzene rings is 2. The Bertz CT molecular complexity index is 982. The van der Waals surface area contributed by atoms with Gasteiger partial charge in [-0.3, -0.25) is 5.10 Å². The smallest absolute Gasteiger partial charge is 0.129 e. The molecule has 3 heterocycles. The van der Waals surface area contributed by atoms with E-state index in [1.165, 1.54) is 35.2 Å². The van der Waals surface area contributed by atoms with Crippen molar-refractivity contribution in [3.63, 3.8) is 0 Å². The van der Waals surface area contributed by atoms with Crippen LogP contribution in [0.2, 0.25) is 0 Å². The Balaban J connectivity index is 1.44. The first-order chi connectivity index (χ1) is 13.7. The number of ether oxygens (including phenoxy) is 1. The Morgan fingerprint density at radius 2 is 2.00 bits per heavy atom. The molecular weight excluding hydrogens is 348 g/mol. The first-order valence-corrected chi connectivity index (χ1v) is 10.0. The molecule has 0 bridgehead atoms. The number of hydrogen-bond acceptors (Lipinski definition) is 4. The lowest BCUT2D eigenvalue weighted by atomic mass is 9.93. The van der Waals surface area contributed by atoms with Crippen LogP contribution < -0.4 is 15.0 Å². The van der Waals surface area contributed by atoms with E-state index in [4.69, 9.17) is 4.74 Å². The highest BCUT2D eigenvalue weighted by Gasteiger charge is 2.24. The van der Waals surface area contributed by atoms with Crippen LogP contribution in [0.4, 0.5) is 5.69 Å². The summed E-state index contributed by atoms with van der Waals surface area (Å²) >= 11 is 0. The fraction of sp³-hybridized carbons (Fsp3) is 0.348. The summed E-state index contributed by atoms with van der Waals surface area (Å²) in [5.41, 5.74) is 7.16. The van der Waals surface area contributed by atoms with E-state index in [0.29, 0.717) is 18.7 Å². The van der Waals surface area contributed by atoms with Crippen LogP contribution in [0, 0.1) is 0 Å². The van der Waals surface area contributed by atoms with Crippen molar-refractivity contribution in [1.29, 1.82) is 0 Å². The minimum absolute atomic E-state index is 0.572. The molecule has 2 aliphatic heterocycles. The third-order valence-corrected chi connectivity index (χ3v) is 6.13. The molecule has 0 aliphatic carbocycles. The van der Waals surface area contributed by atoms with Gasteiger partial charge in [-0.15, -0.1) is 0 Å². The van der Waals surface area contributed by atoms with Gasteiger partial charge in [0.1, 0.15) is 12.4 Å². The lowest BCUT2D eigenvalue weighted by Crippen LogP contribution is -2.45. The number of rotatable bonds is 3. The summed E-state index contributed by atoms with van der Waals surface area (Å²) in [7, 11) is 2.21. The first-order valence-electron chi connectivity index (χ1n) is 10.0. The fourth-order valence-corrected chi connectivity index (χ4v) is 4.46. The molecule has 144 valence electrons. The molecule has 2 aliphatic rings. The molecule has 1 aromatic heterocycles. The van der Waals surface area contributed by atoms with Gasteiger partial charge in [0.25, 0.3) is 0 Å². The van der Waals surface area contributed by atoms with Crippen LogP contribution >= 0.6 is 0 Å². The quantitative estimate of drug-likeness (QED) is 0.721. The second-order valence-corrected chi connectivity index (χ2v) is 7.97. The summed E-state index contributed by atoms with van der Waals surface area (Å²) in [6.45, 7) is 3.96. The third-order valence-electron chi connectivity index (χ3n) is 6.13. The molecule has 5 heteroatoms. The molecule has 1 saturated heterocycles. The maximum Gasteiger partial charge on any atom is 0.129 e. The zero-order chi connectivity index (χ0) is 19.1. The van der Waals surface area contributed by atoms with E-state index < -0.39 is 0 Å². The molecule has 0 unspecified atom stereocenters. The topological polar surface area (TPSA) is 53.2 Å². The van der Waals surface area contributed by atoms with Crippen molar-refractivity contribution in [3.8, 4) is 28.0 Å². The van der Waals surface area contributed by atoms with Crippen LogP contribution in [0.5, 0.6) is 5.75 Å². The van der Waals surface area contributed by atoms with E-state index in [9.17, 15) is 0 Å². The number of fused-ring (bicyclic) bond motifs is 3. The molecule has 0 spiro atoms.